The Balaban J connectivity index is -0.000000321. The number of carboxylic acids is 1. The molecule has 0 radical (unpaired) electrons. The molecule has 3 heteroatoms. The number of allylic oxidation sites excluding steroid dienone is 3. The fourth-order valence-electron chi connectivity index (χ4n) is 1.93. The van der Waals surface area contributed by atoms with Crippen molar-refractivity contribution < 1.29 is 15.0 Å². The minimum absolute atomic E-state index is 0.167. The Labute approximate surface area is 157 Å². The van der Waals surface area contributed by atoms with E-state index < -0.39 is 5.97 Å². The van der Waals surface area contributed by atoms with Crippen molar-refractivity contribution in [2.24, 2.45) is 11.8 Å². The molecule has 3 nitrogen and oxygen atoms in total. The molecule has 0 aliphatic rings. The summed E-state index contributed by atoms with van der Waals surface area (Å²) in [6.07, 6.45) is 11.8. The number of hydrogen-bond donors (Lipinski definition) is 2. The molecule has 0 saturated heterocycles. The third kappa shape index (κ3) is 39.6. The number of rotatable bonds is 9. The van der Waals surface area contributed by atoms with Crippen molar-refractivity contribution in [3.63, 3.8) is 0 Å². The van der Waals surface area contributed by atoms with Gasteiger partial charge in [-0.05, 0) is 45.4 Å². The predicted octanol–water partition coefficient (Wildman–Crippen LogP) is 6.62. The molecule has 0 rings (SSSR count). The molecule has 0 saturated carbocycles. The lowest BCUT2D eigenvalue weighted by Crippen LogP contribution is -1.94. The Morgan fingerprint density at radius 2 is 1.52 bits per heavy atom. The number of aliphatic carboxylic acids is 1. The molecule has 0 amide bonds. The molecule has 0 aliphatic heterocycles. The summed E-state index contributed by atoms with van der Waals surface area (Å²) in [7, 11) is 0. The van der Waals surface area contributed by atoms with Gasteiger partial charge in [-0.25, -0.2) is 0 Å². The Morgan fingerprint density at radius 3 is 1.88 bits per heavy atom. The topological polar surface area (TPSA) is 57.5 Å². The average Bonchev–Trinajstić information content (AvgIpc) is 2.46. The normalized spacial score (nSPS) is 11.7. The fourth-order valence-corrected chi connectivity index (χ4v) is 1.93. The van der Waals surface area contributed by atoms with Crippen molar-refractivity contribution in [3.05, 3.63) is 23.3 Å². The largest absolute Gasteiger partial charge is 0.481 e. The van der Waals surface area contributed by atoms with Gasteiger partial charge in [0.1, 0.15) is 0 Å². The number of hydrogen-bond acceptors (Lipinski definition) is 2. The molecular formula is C22H44O3. The SMILES string of the molecule is CC(=O)O.CC(C)=CCCC(C)=CCO.CCC(C)CCCC(C)C. The highest BCUT2D eigenvalue weighted by atomic mass is 16.4. The van der Waals surface area contributed by atoms with Crippen LogP contribution in [0.1, 0.15) is 93.9 Å². The summed E-state index contributed by atoms with van der Waals surface area (Å²) >= 11 is 0. The Hall–Kier alpha value is -1.09. The average molecular weight is 357 g/mol. The van der Waals surface area contributed by atoms with Crippen molar-refractivity contribution in [3.8, 4) is 0 Å². The van der Waals surface area contributed by atoms with Crippen LogP contribution in [0.25, 0.3) is 0 Å². The van der Waals surface area contributed by atoms with Crippen LogP contribution in [0.5, 0.6) is 0 Å². The molecule has 0 fully saturated rings. The molecule has 0 aromatic carbocycles. The quantitative estimate of drug-likeness (QED) is 0.456. The third-order valence-corrected chi connectivity index (χ3v) is 3.71. The molecule has 0 aromatic heterocycles. The molecule has 0 heterocycles. The predicted molar refractivity (Wildman–Crippen MR) is 111 cm³/mol. The van der Waals surface area contributed by atoms with Crippen LogP contribution >= 0.6 is 0 Å². The van der Waals surface area contributed by atoms with Crippen LogP contribution in [-0.2, 0) is 4.79 Å². The second-order valence-corrected chi connectivity index (χ2v) is 7.41. The summed E-state index contributed by atoms with van der Waals surface area (Å²) < 4.78 is 0. The highest BCUT2D eigenvalue weighted by Crippen LogP contribution is 2.14. The first kappa shape index (κ1) is 28.7. The van der Waals surface area contributed by atoms with E-state index in [9.17, 15) is 0 Å². The Kier molecular flexibility index (Phi) is 24.1. The minimum atomic E-state index is -0.833. The maximum Gasteiger partial charge on any atom is 0.300 e. The van der Waals surface area contributed by atoms with Gasteiger partial charge in [0, 0.05) is 6.92 Å². The van der Waals surface area contributed by atoms with Gasteiger partial charge in [0.05, 0.1) is 6.61 Å². The van der Waals surface area contributed by atoms with Crippen LogP contribution < -0.4 is 0 Å². The van der Waals surface area contributed by atoms with E-state index in [0.29, 0.717) is 0 Å². The van der Waals surface area contributed by atoms with Gasteiger partial charge in [-0.2, -0.15) is 0 Å². The standard InChI is InChI=1S/C10H18O.C10H22.C2H4O2/c1-9(2)5-4-6-10(3)7-8-11;1-5-10(4)8-6-7-9(2)3;1-2(3)4/h5,7,11H,4,6,8H2,1-3H3;9-10H,5-8H2,1-4H3;1H3,(H,3,4). The minimum Gasteiger partial charge on any atom is -0.481 e. The van der Waals surface area contributed by atoms with E-state index in [4.69, 9.17) is 15.0 Å². The Morgan fingerprint density at radius 1 is 1.00 bits per heavy atom. The zero-order valence-electron chi connectivity index (χ0n) is 18.1. The highest BCUT2D eigenvalue weighted by molar-refractivity contribution is 5.62. The van der Waals surface area contributed by atoms with Crippen molar-refractivity contribution in [1.29, 1.82) is 0 Å². The lowest BCUT2D eigenvalue weighted by atomic mass is 9.98. The van der Waals surface area contributed by atoms with Crippen LogP contribution in [0.15, 0.2) is 23.3 Å². The zero-order valence-corrected chi connectivity index (χ0v) is 18.1. The fraction of sp³-hybridized carbons (Fsp3) is 0.773. The number of carbonyl (C=O) groups is 1. The van der Waals surface area contributed by atoms with Crippen LogP contribution in [-0.4, -0.2) is 22.8 Å². The van der Waals surface area contributed by atoms with Crippen molar-refractivity contribution in [1.82, 2.24) is 0 Å². The van der Waals surface area contributed by atoms with Crippen LogP contribution in [0.2, 0.25) is 0 Å². The van der Waals surface area contributed by atoms with Gasteiger partial charge < -0.3 is 10.2 Å². The van der Waals surface area contributed by atoms with E-state index >= 15 is 0 Å². The van der Waals surface area contributed by atoms with Gasteiger partial charge >= 0.3 is 0 Å². The van der Waals surface area contributed by atoms with Gasteiger partial charge in [0.2, 0.25) is 0 Å². The van der Waals surface area contributed by atoms with E-state index in [1.165, 1.54) is 36.8 Å². The summed E-state index contributed by atoms with van der Waals surface area (Å²) in [6, 6.07) is 0. The first-order valence-corrected chi connectivity index (χ1v) is 9.66. The monoisotopic (exact) mass is 356 g/mol. The van der Waals surface area contributed by atoms with Crippen LogP contribution in [0, 0.1) is 11.8 Å². The first-order valence-electron chi connectivity index (χ1n) is 9.66. The van der Waals surface area contributed by atoms with Gasteiger partial charge in [0.25, 0.3) is 5.97 Å². The van der Waals surface area contributed by atoms with Crippen molar-refractivity contribution in [2.75, 3.05) is 6.61 Å². The maximum atomic E-state index is 9.00. The van der Waals surface area contributed by atoms with E-state index in [2.05, 4.69) is 54.5 Å². The molecule has 2 N–H and O–H groups in total. The summed E-state index contributed by atoms with van der Waals surface area (Å²) in [4.78, 5) is 9.00. The summed E-state index contributed by atoms with van der Waals surface area (Å²) in [6.45, 7) is 16.7. The lowest BCUT2D eigenvalue weighted by molar-refractivity contribution is -0.134. The van der Waals surface area contributed by atoms with Crippen molar-refractivity contribution >= 4 is 5.97 Å². The molecule has 0 bridgehead atoms. The number of carboxylic acid groups (broad SMARTS) is 1. The molecule has 0 aliphatic carbocycles. The van der Waals surface area contributed by atoms with Gasteiger partial charge in [-0.15, -0.1) is 0 Å². The van der Waals surface area contributed by atoms with Gasteiger partial charge in [0.15, 0.2) is 0 Å². The molecule has 1 unspecified atom stereocenters. The number of aliphatic hydroxyl groups is 1. The number of aliphatic hydroxyl groups excluding tert-OH is 1. The first-order chi connectivity index (χ1) is 11.6. The Bertz CT molecular complexity index is 346. The molecule has 25 heavy (non-hydrogen) atoms. The van der Waals surface area contributed by atoms with E-state index in [1.807, 2.05) is 6.08 Å². The molecule has 1 atom stereocenters. The van der Waals surface area contributed by atoms with Crippen molar-refractivity contribution in [2.45, 2.75) is 93.9 Å². The van der Waals surface area contributed by atoms with Gasteiger partial charge in [-0.1, -0.05) is 76.7 Å². The lowest BCUT2D eigenvalue weighted by Gasteiger charge is -2.08. The van der Waals surface area contributed by atoms with E-state index in [0.717, 1.165) is 31.6 Å². The molecular weight excluding hydrogens is 312 g/mol. The third-order valence-electron chi connectivity index (χ3n) is 3.71. The molecule has 150 valence electrons. The molecule has 0 aromatic rings. The maximum absolute atomic E-state index is 9.00. The summed E-state index contributed by atoms with van der Waals surface area (Å²) in [5.41, 5.74) is 2.63. The van der Waals surface area contributed by atoms with E-state index in [-0.39, 0.29) is 6.61 Å². The second kappa shape index (κ2) is 21.0. The second-order valence-electron chi connectivity index (χ2n) is 7.41. The zero-order chi connectivity index (χ0) is 20.3. The van der Waals surface area contributed by atoms with Crippen LogP contribution in [0.3, 0.4) is 0 Å². The van der Waals surface area contributed by atoms with E-state index in [1.54, 1.807) is 0 Å². The summed E-state index contributed by atoms with van der Waals surface area (Å²) in [5.74, 6) is 1.00. The summed E-state index contributed by atoms with van der Waals surface area (Å²) in [5, 5.41) is 16.0. The van der Waals surface area contributed by atoms with Crippen LogP contribution in [0.4, 0.5) is 0 Å². The smallest absolute Gasteiger partial charge is 0.300 e. The molecule has 0 spiro atoms. The highest BCUT2D eigenvalue weighted by Gasteiger charge is 1.99. The van der Waals surface area contributed by atoms with Gasteiger partial charge in [-0.3, -0.25) is 4.79 Å².